The van der Waals surface area contributed by atoms with E-state index >= 15 is 0 Å². The number of imide groups is 1. The van der Waals surface area contributed by atoms with E-state index in [2.05, 4.69) is 49.9 Å². The van der Waals surface area contributed by atoms with Crippen molar-refractivity contribution in [1.82, 2.24) is 14.9 Å². The Morgan fingerprint density at radius 2 is 0.981 bits per heavy atom. The summed E-state index contributed by atoms with van der Waals surface area (Å²) in [6, 6.07) is 9.04. The van der Waals surface area contributed by atoms with E-state index < -0.39 is 121 Å². The summed E-state index contributed by atoms with van der Waals surface area (Å²) in [6.45, 7) is 9.13. The number of nitrogens with two attached hydrogens (primary N) is 1. The molecule has 6 aliphatic carbocycles. The molecule has 0 aromatic heterocycles. The molecule has 5 heterocycles. The maximum absolute atomic E-state index is 14.5. The van der Waals surface area contributed by atoms with Crippen molar-refractivity contribution in [1.29, 1.82) is 0 Å². The molecule has 0 spiro atoms. The number of hydrogen-bond donors (Lipinski definition) is 1. The van der Waals surface area contributed by atoms with Gasteiger partial charge in [0, 0.05) is 87.0 Å². The average Bonchev–Trinajstić information content (AvgIpc) is 1.59. The van der Waals surface area contributed by atoms with Crippen molar-refractivity contribution >= 4 is 124 Å². The number of carbonyl (C=O) groups is 10. The number of fused-ring (bicyclic) bond motifs is 2. The minimum Gasteiger partial charge on any atom is -0.469 e. The Hall–Kier alpha value is -6.03. The number of ketones is 2. The summed E-state index contributed by atoms with van der Waals surface area (Å²) in [4.78, 5) is 135. The molecule has 13 rings (SSSR count). The van der Waals surface area contributed by atoms with Crippen LogP contribution in [0.25, 0.3) is 0 Å². The normalized spacial score (nSPS) is 31.0. The molecule has 2 unspecified atom stereocenters. The number of methoxy groups -OCH3 is 2. The van der Waals surface area contributed by atoms with Gasteiger partial charge < -0.3 is 44.0 Å². The highest BCUT2D eigenvalue weighted by Gasteiger charge is 2.63. The quantitative estimate of drug-likeness (QED) is 0.0325. The van der Waals surface area contributed by atoms with Gasteiger partial charge in [-0.1, -0.05) is 49.1 Å². The Bertz CT molecular complexity index is 3770. The summed E-state index contributed by atoms with van der Waals surface area (Å²) in [6.07, 6.45) is 8.76. The first-order valence-electron chi connectivity index (χ1n) is 34.9. The summed E-state index contributed by atoms with van der Waals surface area (Å²) in [5.41, 5.74) is 4.26. The number of ether oxygens (including phenoxy) is 6. The number of rotatable bonds is 25. The smallest absolute Gasteiger partial charge is 0.469 e. The zero-order valence-electron chi connectivity index (χ0n) is 57.4. The zero-order chi connectivity index (χ0) is 73.2. The molecule has 2 aromatic rings. The molecule has 103 heavy (non-hydrogen) atoms. The van der Waals surface area contributed by atoms with Gasteiger partial charge in [0.2, 0.25) is 11.8 Å². The Kier molecular flexibility index (Phi) is 25.8. The molecule has 0 bridgehead atoms. The van der Waals surface area contributed by atoms with Gasteiger partial charge in [-0.05, 0) is 173 Å². The Labute approximate surface area is 621 Å². The first-order valence-corrected chi connectivity index (χ1v) is 39.3. The lowest BCUT2D eigenvalue weighted by atomic mass is 9.82. The lowest BCUT2D eigenvalue weighted by Gasteiger charge is -2.34. The van der Waals surface area contributed by atoms with E-state index in [-0.39, 0.29) is 122 Å². The molecule has 6 saturated carbocycles. The van der Waals surface area contributed by atoms with Gasteiger partial charge >= 0.3 is 24.1 Å². The van der Waals surface area contributed by atoms with E-state index in [1.165, 1.54) is 61.1 Å². The van der Waals surface area contributed by atoms with Crippen LogP contribution in [0.1, 0.15) is 122 Å². The van der Waals surface area contributed by atoms with Crippen molar-refractivity contribution in [3.63, 3.8) is 0 Å². The second kappa shape index (κ2) is 33.4. The first-order chi connectivity index (χ1) is 48.6. The summed E-state index contributed by atoms with van der Waals surface area (Å²) < 4.78 is 96.7. The van der Waals surface area contributed by atoms with Crippen molar-refractivity contribution in [2.45, 2.75) is 174 Å². The van der Waals surface area contributed by atoms with Crippen LogP contribution in [0.4, 0.5) is 4.79 Å². The van der Waals surface area contributed by atoms with Gasteiger partial charge in [-0.3, -0.25) is 56.4 Å². The predicted octanol–water partition coefficient (Wildman–Crippen LogP) is 7.85. The second-order valence-electron chi connectivity index (χ2n) is 28.9. The van der Waals surface area contributed by atoms with E-state index in [0.29, 0.717) is 103 Å². The molecule has 0 radical (unpaired) electrons. The largest absolute Gasteiger partial charge is 0.534 e. The number of benzene rings is 2. The van der Waals surface area contributed by atoms with Crippen LogP contribution in [0, 0.1) is 64.1 Å². The highest BCUT2D eigenvalue weighted by molar-refractivity contribution is 9.10. The summed E-state index contributed by atoms with van der Waals surface area (Å²) in [5.74, 6) is -2.94. The monoisotopic (exact) mass is 1620 g/mol. The molecule has 16 atom stereocenters. The van der Waals surface area contributed by atoms with E-state index in [9.17, 15) is 64.8 Å². The number of halogens is 3. The van der Waals surface area contributed by atoms with E-state index in [0.717, 1.165) is 25.7 Å². The van der Waals surface area contributed by atoms with Crippen LogP contribution in [0.2, 0.25) is 0 Å². The molecule has 27 nitrogen and oxygen atoms in total. The van der Waals surface area contributed by atoms with Crippen LogP contribution < -0.4 is 5.73 Å². The third-order valence-corrected chi connectivity index (χ3v) is 26.1. The topological polar surface area (TPSA) is 358 Å². The number of hydrogen-bond acceptors (Lipinski definition) is 24. The molecular formula is C71H89Br2ClN4O23S2. The third-order valence-electron chi connectivity index (χ3n) is 22.3. The van der Waals surface area contributed by atoms with Crippen LogP contribution in [0.3, 0.4) is 0 Å². The van der Waals surface area contributed by atoms with Gasteiger partial charge in [0.15, 0.2) is 11.6 Å². The molecule has 11 fully saturated rings. The maximum atomic E-state index is 14.5. The number of Topliss-reactive ketones (excluding diaryl/α,β-unsaturated/α-hetero) is 2. The highest BCUT2D eigenvalue weighted by atomic mass is 79.9. The van der Waals surface area contributed by atoms with Crippen LogP contribution in [-0.4, -0.2) is 187 Å². The first kappa shape index (κ1) is 79.5. The number of hydroxylamine groups is 2. The second-order valence-corrected chi connectivity index (χ2v) is 33.9. The Morgan fingerprint density at radius 1 is 0.583 bits per heavy atom. The lowest BCUT2D eigenvalue weighted by Crippen LogP contribution is -2.52. The van der Waals surface area contributed by atoms with Crippen LogP contribution in [-0.2, 0) is 105 Å². The zero-order valence-corrected chi connectivity index (χ0v) is 63.0. The minimum atomic E-state index is -4.23. The lowest BCUT2D eigenvalue weighted by molar-refractivity contribution is -0.178. The van der Waals surface area contributed by atoms with Crippen LogP contribution in [0.15, 0.2) is 92.6 Å². The summed E-state index contributed by atoms with van der Waals surface area (Å²) >= 11 is 6.57. The molecule has 564 valence electrons. The van der Waals surface area contributed by atoms with Crippen molar-refractivity contribution in [2.24, 2.45) is 69.8 Å². The SMILES string of the molecule is C=C[C@@H]1C[C@]1(CC(=O)[C@@H]1C[C@H](OS(=O)(=O)c2ccc(Br)cc2)CN1C(=O)[C@@H](CC(=O)OC1C[C@@H]2C[C@@H]2C1)C1CCOCC1)C(=O)OC.C=C[C@@H]1C[C@]1(CC(=O)[C@@H]1C[C@H](OS(=O)(=O)c2ccc(Br)cc2)CN1C(=O)[C@@H](N)C1CCOCC1)C(=O)OC.Cl.O=C(OC1C[C@@H]2C[C@@H]2C1)ON1C(=O)CCC1=O. The number of esters is 3. The number of allylic oxidation sites excluding steroid dienone is 2. The molecule has 4 amide bonds. The number of amides is 4. The number of carbonyl (C=O) groups excluding carboxylic acids is 10. The van der Waals surface area contributed by atoms with E-state index in [1.807, 2.05) is 0 Å². The standard InChI is InChI=1S/C34H42BrNO10S.C26H33BrN2O8S.C11H13NO5.ClH/c1-3-23-17-34(23,33(40)43-2)18-30(37)29-15-26(46-47(41,42)27-6-4-24(35)5-7-27)19-36(29)32(39)28(20-8-10-44-11-9-20)16-31(38)45-25-13-21-12-22(21)14-25;1-3-17-13-26(17,25(32)35-2)14-22(30)21-12-19(37-38(33,34)20-6-4-18(27)5-7-20)15-29(21)24(31)23(28)16-8-10-36-11-9-16;13-9-1-2-10(14)12(9)17-11(15)16-8-4-6-3-7(6)5-8;/h3-7,20-23,25-26,28-29H,1,8-19H2,2H3;3-7,16-17,19,21,23H,1,8-15,28H2,2H3;6-8H,1-5H2;1H/t21-,22+,23-,25?,26+,28+,29+,34-;17-,19+,21+,23+,26-;6-,7+,8?;/m11../s1. The van der Waals surface area contributed by atoms with Crippen LogP contribution in [0.5, 0.6) is 0 Å². The maximum Gasteiger partial charge on any atom is 0.534 e. The van der Waals surface area contributed by atoms with Gasteiger partial charge in [-0.2, -0.15) is 16.8 Å². The Morgan fingerprint density at radius 3 is 1.38 bits per heavy atom. The van der Waals surface area contributed by atoms with Gasteiger partial charge in [-0.15, -0.1) is 25.6 Å². The molecule has 11 aliphatic rings. The van der Waals surface area contributed by atoms with Crippen LogP contribution >= 0.6 is 44.3 Å². The molecule has 5 aliphatic heterocycles. The van der Waals surface area contributed by atoms with Gasteiger partial charge in [-0.25, -0.2) is 4.79 Å². The fourth-order valence-corrected chi connectivity index (χ4v) is 18.8. The van der Waals surface area contributed by atoms with E-state index in [4.69, 9.17) is 42.5 Å². The molecular weight excluding hydrogens is 1540 g/mol. The van der Waals surface area contributed by atoms with Crippen molar-refractivity contribution < 1.29 is 106 Å². The molecule has 5 saturated heterocycles. The summed E-state index contributed by atoms with van der Waals surface area (Å²) in [5, 5.41) is 0.512. The number of nitrogens with zero attached hydrogens (tertiary/aromatic N) is 3. The fourth-order valence-electron chi connectivity index (χ4n) is 16.1. The average molecular weight is 1630 g/mol. The van der Waals surface area contributed by atoms with Gasteiger partial charge in [0.25, 0.3) is 32.1 Å². The molecule has 2 aromatic carbocycles. The Balaban J connectivity index is 0.000000181. The van der Waals surface area contributed by atoms with E-state index in [1.54, 1.807) is 36.4 Å². The van der Waals surface area contributed by atoms with Gasteiger partial charge in [0.1, 0.15) is 12.2 Å². The highest BCUT2D eigenvalue weighted by Crippen LogP contribution is 2.59. The summed E-state index contributed by atoms with van der Waals surface area (Å²) in [7, 11) is -5.86. The molecule has 32 heteroatoms. The number of likely N-dealkylation sites (tertiary alicyclic amines) is 2. The molecule has 2 N–H and O–H groups in total. The fraction of sp³-hybridized carbons (Fsp3) is 0.634. The van der Waals surface area contributed by atoms with Crippen molar-refractivity contribution in [3.05, 3.63) is 82.8 Å². The van der Waals surface area contributed by atoms with Crippen molar-refractivity contribution in [2.75, 3.05) is 53.7 Å². The third kappa shape index (κ3) is 18.7. The minimum absolute atomic E-state index is 0. The van der Waals surface area contributed by atoms with Gasteiger partial charge in [0.05, 0.1) is 77.5 Å². The predicted molar refractivity (Wildman–Crippen MR) is 372 cm³/mol. The van der Waals surface area contributed by atoms with Crippen molar-refractivity contribution in [3.8, 4) is 0 Å².